The van der Waals surface area contributed by atoms with Crippen molar-refractivity contribution in [2.45, 2.75) is 40.0 Å². The third kappa shape index (κ3) is 1.80. The highest BCUT2D eigenvalue weighted by molar-refractivity contribution is 5.90. The van der Waals surface area contributed by atoms with Crippen LogP contribution < -0.4 is 0 Å². The Morgan fingerprint density at radius 3 is 2.80 bits per heavy atom. The minimum Gasteiger partial charge on any atom is -0.295 e. The van der Waals surface area contributed by atoms with E-state index in [1.54, 1.807) is 6.08 Å². The van der Waals surface area contributed by atoms with Crippen molar-refractivity contribution in [3.05, 3.63) is 23.8 Å². The quantitative estimate of drug-likeness (QED) is 0.552. The van der Waals surface area contributed by atoms with Crippen molar-refractivity contribution in [3.8, 4) is 0 Å². The zero-order chi connectivity index (χ0) is 11.1. The lowest BCUT2D eigenvalue weighted by Crippen LogP contribution is -2.37. The second-order valence-electron chi connectivity index (χ2n) is 5.56. The Morgan fingerprint density at radius 2 is 2.07 bits per heavy atom. The summed E-state index contributed by atoms with van der Waals surface area (Å²) in [5.41, 5.74) is 1.69. The van der Waals surface area contributed by atoms with Crippen LogP contribution in [0.5, 0.6) is 0 Å². The summed E-state index contributed by atoms with van der Waals surface area (Å²) in [5, 5.41) is 0. The minimum atomic E-state index is 0.277. The maximum atomic E-state index is 11.7. The third-order valence-corrected chi connectivity index (χ3v) is 4.35. The van der Waals surface area contributed by atoms with E-state index in [9.17, 15) is 4.79 Å². The maximum absolute atomic E-state index is 11.7. The zero-order valence-electron chi connectivity index (χ0n) is 9.92. The van der Waals surface area contributed by atoms with Crippen molar-refractivity contribution < 1.29 is 4.79 Å². The summed E-state index contributed by atoms with van der Waals surface area (Å²) in [7, 11) is 0. The molecule has 0 radical (unpaired) electrons. The van der Waals surface area contributed by atoms with Gasteiger partial charge in [-0.15, -0.1) is 0 Å². The Labute approximate surface area is 92.3 Å². The highest BCUT2D eigenvalue weighted by Crippen LogP contribution is 2.48. The molecule has 0 aliphatic heterocycles. The summed E-state index contributed by atoms with van der Waals surface area (Å²) < 4.78 is 0. The van der Waals surface area contributed by atoms with Gasteiger partial charge in [0.2, 0.25) is 0 Å². The highest BCUT2D eigenvalue weighted by atomic mass is 16.1. The molecule has 0 aromatic carbocycles. The lowest BCUT2D eigenvalue weighted by atomic mass is 9.59. The summed E-state index contributed by atoms with van der Waals surface area (Å²) in [6.45, 7) is 6.83. The number of ketones is 1. The Hall–Kier alpha value is -0.850. The fourth-order valence-corrected chi connectivity index (χ4v) is 3.10. The van der Waals surface area contributed by atoms with Crippen LogP contribution in [0.25, 0.3) is 0 Å². The van der Waals surface area contributed by atoms with Gasteiger partial charge in [0.25, 0.3) is 0 Å². The van der Waals surface area contributed by atoms with Gasteiger partial charge in [-0.2, -0.15) is 0 Å². The molecule has 0 saturated heterocycles. The van der Waals surface area contributed by atoms with Crippen molar-refractivity contribution in [3.63, 3.8) is 0 Å². The molecule has 1 heteroatoms. The third-order valence-electron chi connectivity index (χ3n) is 4.35. The smallest absolute Gasteiger partial charge is 0.155 e. The van der Waals surface area contributed by atoms with E-state index in [1.807, 2.05) is 0 Å². The molecule has 0 spiro atoms. The maximum Gasteiger partial charge on any atom is 0.155 e. The Kier molecular flexibility index (Phi) is 2.57. The first-order chi connectivity index (χ1) is 7.01. The molecule has 0 N–H and O–H groups in total. The molecular formula is C14H20O. The fraction of sp³-hybridized carbons (Fsp3) is 0.643. The lowest BCUT2D eigenvalue weighted by Gasteiger charge is -2.45. The first-order valence-corrected chi connectivity index (χ1v) is 5.88. The van der Waals surface area contributed by atoms with Crippen LogP contribution >= 0.6 is 0 Å². The van der Waals surface area contributed by atoms with Crippen molar-refractivity contribution in [1.82, 2.24) is 0 Å². The molecule has 0 amide bonds. The molecule has 1 nitrogen and oxygen atoms in total. The summed E-state index contributed by atoms with van der Waals surface area (Å²) >= 11 is 0. The standard InChI is InChI=1S/C14H20O/c1-10-7-8-11-5-4-6-12(15)9-13(10)14(11,2)3/h4,6-7,11,13H,5,8-9H2,1-3H3/b6-4-/t11-,13-/m1/s1. The van der Waals surface area contributed by atoms with Gasteiger partial charge in [0.05, 0.1) is 0 Å². The van der Waals surface area contributed by atoms with Crippen LogP contribution in [0.2, 0.25) is 0 Å². The first-order valence-electron chi connectivity index (χ1n) is 5.88. The molecule has 2 atom stereocenters. The Bertz CT molecular complexity index is 333. The summed E-state index contributed by atoms with van der Waals surface area (Å²) in [6.07, 6.45) is 9.12. The van der Waals surface area contributed by atoms with Crippen molar-refractivity contribution in [1.29, 1.82) is 0 Å². The van der Waals surface area contributed by atoms with Crippen LogP contribution in [0.3, 0.4) is 0 Å². The van der Waals surface area contributed by atoms with Gasteiger partial charge in [-0.05, 0) is 43.1 Å². The van der Waals surface area contributed by atoms with E-state index < -0.39 is 0 Å². The van der Waals surface area contributed by atoms with E-state index in [4.69, 9.17) is 0 Å². The van der Waals surface area contributed by atoms with Crippen molar-refractivity contribution >= 4 is 5.78 Å². The topological polar surface area (TPSA) is 17.1 Å². The molecule has 0 unspecified atom stereocenters. The van der Waals surface area contributed by atoms with E-state index in [2.05, 4.69) is 32.9 Å². The van der Waals surface area contributed by atoms with Gasteiger partial charge in [-0.25, -0.2) is 0 Å². The molecule has 82 valence electrons. The summed E-state index contributed by atoms with van der Waals surface area (Å²) in [4.78, 5) is 11.7. The van der Waals surface area contributed by atoms with Crippen molar-refractivity contribution in [2.24, 2.45) is 17.3 Å². The molecule has 2 aliphatic rings. The number of carbonyl (C=O) groups excluding carboxylic acids is 1. The number of allylic oxidation sites excluding steroid dienone is 4. The molecule has 0 saturated carbocycles. The Morgan fingerprint density at radius 1 is 1.33 bits per heavy atom. The van der Waals surface area contributed by atoms with Crippen LogP contribution in [0.15, 0.2) is 23.8 Å². The normalized spacial score (nSPS) is 36.5. The van der Waals surface area contributed by atoms with Crippen LogP contribution in [0.1, 0.15) is 40.0 Å². The van der Waals surface area contributed by atoms with E-state index in [1.165, 1.54) is 12.0 Å². The number of fused-ring (bicyclic) bond motifs is 2. The average Bonchev–Trinajstić information content (AvgIpc) is 2.15. The monoisotopic (exact) mass is 204 g/mol. The second-order valence-corrected chi connectivity index (χ2v) is 5.56. The predicted molar refractivity (Wildman–Crippen MR) is 62.5 cm³/mol. The fourth-order valence-electron chi connectivity index (χ4n) is 3.10. The molecular weight excluding hydrogens is 184 g/mol. The molecule has 2 rings (SSSR count). The molecule has 0 heterocycles. The van der Waals surface area contributed by atoms with Gasteiger partial charge in [-0.1, -0.05) is 31.6 Å². The molecule has 15 heavy (non-hydrogen) atoms. The highest BCUT2D eigenvalue weighted by Gasteiger charge is 2.40. The van der Waals surface area contributed by atoms with E-state index >= 15 is 0 Å². The first kappa shape index (κ1) is 10.7. The van der Waals surface area contributed by atoms with Gasteiger partial charge < -0.3 is 0 Å². The largest absolute Gasteiger partial charge is 0.295 e. The van der Waals surface area contributed by atoms with Gasteiger partial charge in [-0.3, -0.25) is 4.79 Å². The van der Waals surface area contributed by atoms with Gasteiger partial charge in [0.1, 0.15) is 0 Å². The van der Waals surface area contributed by atoms with Crippen LogP contribution in [0, 0.1) is 17.3 Å². The van der Waals surface area contributed by atoms with E-state index in [0.29, 0.717) is 24.0 Å². The predicted octanol–water partition coefficient (Wildman–Crippen LogP) is 3.51. The van der Waals surface area contributed by atoms with Gasteiger partial charge in [0, 0.05) is 6.42 Å². The number of carbonyl (C=O) groups is 1. The second kappa shape index (κ2) is 3.62. The minimum absolute atomic E-state index is 0.277. The lowest BCUT2D eigenvalue weighted by molar-refractivity contribution is -0.116. The van der Waals surface area contributed by atoms with Crippen LogP contribution in [-0.2, 0) is 4.79 Å². The molecule has 2 bridgehead atoms. The van der Waals surface area contributed by atoms with Gasteiger partial charge >= 0.3 is 0 Å². The molecule has 0 aromatic heterocycles. The van der Waals surface area contributed by atoms with E-state index in [-0.39, 0.29) is 5.41 Å². The van der Waals surface area contributed by atoms with Crippen molar-refractivity contribution in [2.75, 3.05) is 0 Å². The van der Waals surface area contributed by atoms with Crippen LogP contribution in [-0.4, -0.2) is 5.78 Å². The average molecular weight is 204 g/mol. The zero-order valence-corrected chi connectivity index (χ0v) is 9.92. The van der Waals surface area contributed by atoms with Crippen LogP contribution in [0.4, 0.5) is 0 Å². The Balaban J connectivity index is 2.39. The molecule has 0 fully saturated rings. The number of hydrogen-bond acceptors (Lipinski definition) is 1. The number of rotatable bonds is 0. The molecule has 0 aromatic rings. The van der Waals surface area contributed by atoms with E-state index in [0.717, 1.165) is 6.42 Å². The van der Waals surface area contributed by atoms with Gasteiger partial charge in [0.15, 0.2) is 5.78 Å². The molecule has 2 aliphatic carbocycles. The summed E-state index contributed by atoms with van der Waals surface area (Å²) in [6, 6.07) is 0. The summed E-state index contributed by atoms with van der Waals surface area (Å²) in [5.74, 6) is 1.45. The SMILES string of the molecule is CC1=CC[C@H]2C/C=C\C(=O)C[C@H]1C2(C)C. The number of hydrogen-bond donors (Lipinski definition) is 0.